The second-order valence-electron chi connectivity index (χ2n) is 5.68. The summed E-state index contributed by atoms with van der Waals surface area (Å²) in [6.45, 7) is 3.95. The van der Waals surface area contributed by atoms with E-state index in [1.807, 2.05) is 0 Å². The van der Waals surface area contributed by atoms with Gasteiger partial charge in [0.2, 0.25) is 0 Å². The molecule has 5 heteroatoms. The normalized spacial score (nSPS) is 17.8. The summed E-state index contributed by atoms with van der Waals surface area (Å²) in [5, 5.41) is 6.64. The Balaban J connectivity index is 1.72. The van der Waals surface area contributed by atoms with Gasteiger partial charge in [0, 0.05) is 20.1 Å². The third kappa shape index (κ3) is 5.34. The molecule has 1 aliphatic heterocycles. The monoisotopic (exact) mass is 292 g/mol. The Labute approximate surface area is 126 Å². The van der Waals surface area contributed by atoms with Gasteiger partial charge >= 0.3 is 0 Å². The van der Waals surface area contributed by atoms with Gasteiger partial charge in [0.05, 0.1) is 0 Å². The van der Waals surface area contributed by atoms with Crippen LogP contribution in [0.4, 0.5) is 4.39 Å². The Hall–Kier alpha value is -1.62. The summed E-state index contributed by atoms with van der Waals surface area (Å²) in [7, 11) is 3.95. The van der Waals surface area contributed by atoms with Gasteiger partial charge in [-0.3, -0.25) is 4.99 Å². The smallest absolute Gasteiger partial charge is 0.191 e. The maximum absolute atomic E-state index is 12.8. The summed E-state index contributed by atoms with van der Waals surface area (Å²) < 4.78 is 12.8. The lowest BCUT2D eigenvalue weighted by Crippen LogP contribution is -2.41. The van der Waals surface area contributed by atoms with Crippen LogP contribution in [0.3, 0.4) is 0 Å². The van der Waals surface area contributed by atoms with Crippen molar-refractivity contribution in [1.29, 1.82) is 0 Å². The average molecular weight is 292 g/mol. The summed E-state index contributed by atoms with van der Waals surface area (Å²) in [6.07, 6.45) is 2.47. The average Bonchev–Trinajstić information content (AvgIpc) is 2.51. The Morgan fingerprint density at radius 1 is 1.24 bits per heavy atom. The highest BCUT2D eigenvalue weighted by Gasteiger charge is 2.16. The molecule has 0 saturated carbocycles. The quantitative estimate of drug-likeness (QED) is 0.657. The SMILES string of the molecule is CN=C(NCc1ccc(F)cc1)NCC1CCN(C)CC1. The van der Waals surface area contributed by atoms with Crippen molar-refractivity contribution in [3.8, 4) is 0 Å². The van der Waals surface area contributed by atoms with E-state index in [2.05, 4.69) is 27.6 Å². The summed E-state index contributed by atoms with van der Waals surface area (Å²) in [4.78, 5) is 6.60. The van der Waals surface area contributed by atoms with Crippen LogP contribution < -0.4 is 10.6 Å². The van der Waals surface area contributed by atoms with Crippen LogP contribution in [-0.4, -0.2) is 44.6 Å². The van der Waals surface area contributed by atoms with Crippen LogP contribution >= 0.6 is 0 Å². The second-order valence-corrected chi connectivity index (χ2v) is 5.68. The third-order valence-electron chi connectivity index (χ3n) is 3.99. The zero-order chi connectivity index (χ0) is 15.1. The highest BCUT2D eigenvalue weighted by Crippen LogP contribution is 2.14. The molecule has 2 rings (SSSR count). The number of hydrogen-bond donors (Lipinski definition) is 2. The number of hydrogen-bond acceptors (Lipinski definition) is 2. The number of nitrogens with one attached hydrogen (secondary N) is 2. The molecule has 1 aliphatic rings. The Kier molecular flexibility index (Phi) is 5.99. The molecule has 1 fully saturated rings. The molecule has 1 aromatic carbocycles. The zero-order valence-electron chi connectivity index (χ0n) is 12.9. The van der Waals surface area contributed by atoms with Crippen molar-refractivity contribution in [2.75, 3.05) is 33.7 Å². The van der Waals surface area contributed by atoms with Gasteiger partial charge in [-0.25, -0.2) is 4.39 Å². The van der Waals surface area contributed by atoms with Gasteiger partial charge in [-0.05, 0) is 56.6 Å². The first kappa shape index (κ1) is 15.8. The molecule has 4 nitrogen and oxygen atoms in total. The standard InChI is InChI=1S/C16H25FN4/c1-18-16(19-11-13-3-5-15(17)6-4-13)20-12-14-7-9-21(2)10-8-14/h3-6,14H,7-12H2,1-2H3,(H2,18,19,20). The highest BCUT2D eigenvalue weighted by molar-refractivity contribution is 5.79. The van der Waals surface area contributed by atoms with E-state index in [9.17, 15) is 4.39 Å². The molecule has 1 heterocycles. The molecular formula is C16H25FN4. The Bertz CT molecular complexity index is 450. The molecule has 0 atom stereocenters. The van der Waals surface area contributed by atoms with Gasteiger partial charge in [0.25, 0.3) is 0 Å². The minimum Gasteiger partial charge on any atom is -0.356 e. The third-order valence-corrected chi connectivity index (χ3v) is 3.99. The molecule has 0 amide bonds. The van der Waals surface area contributed by atoms with Crippen molar-refractivity contribution in [3.05, 3.63) is 35.6 Å². The molecule has 0 aliphatic carbocycles. The number of piperidine rings is 1. The van der Waals surface area contributed by atoms with Crippen LogP contribution in [0.25, 0.3) is 0 Å². The largest absolute Gasteiger partial charge is 0.356 e. The minimum absolute atomic E-state index is 0.205. The van der Waals surface area contributed by atoms with E-state index >= 15 is 0 Å². The molecular weight excluding hydrogens is 267 g/mol. The van der Waals surface area contributed by atoms with Gasteiger partial charge in [-0.2, -0.15) is 0 Å². The number of rotatable bonds is 4. The topological polar surface area (TPSA) is 39.7 Å². The molecule has 0 spiro atoms. The van der Waals surface area contributed by atoms with Gasteiger partial charge < -0.3 is 15.5 Å². The van der Waals surface area contributed by atoms with Gasteiger partial charge in [-0.1, -0.05) is 12.1 Å². The van der Waals surface area contributed by atoms with Crippen LogP contribution in [0.2, 0.25) is 0 Å². The lowest BCUT2D eigenvalue weighted by molar-refractivity contribution is 0.220. The van der Waals surface area contributed by atoms with E-state index in [4.69, 9.17) is 0 Å². The fraction of sp³-hybridized carbons (Fsp3) is 0.562. The number of halogens is 1. The van der Waals surface area contributed by atoms with E-state index in [0.29, 0.717) is 12.5 Å². The Morgan fingerprint density at radius 3 is 2.52 bits per heavy atom. The predicted molar refractivity (Wildman–Crippen MR) is 84.8 cm³/mol. The molecule has 0 aromatic heterocycles. The first-order valence-corrected chi connectivity index (χ1v) is 7.55. The van der Waals surface area contributed by atoms with Gasteiger partial charge in [-0.15, -0.1) is 0 Å². The van der Waals surface area contributed by atoms with E-state index in [1.54, 1.807) is 19.2 Å². The molecule has 0 unspecified atom stereocenters. The van der Waals surface area contributed by atoms with Crippen molar-refractivity contribution in [1.82, 2.24) is 15.5 Å². The minimum atomic E-state index is -0.205. The van der Waals surface area contributed by atoms with Crippen LogP contribution in [-0.2, 0) is 6.54 Å². The molecule has 0 radical (unpaired) electrons. The Morgan fingerprint density at radius 2 is 1.90 bits per heavy atom. The second kappa shape index (κ2) is 7.98. The first-order chi connectivity index (χ1) is 10.2. The van der Waals surface area contributed by atoms with Crippen LogP contribution in [0.5, 0.6) is 0 Å². The predicted octanol–water partition coefficient (Wildman–Crippen LogP) is 1.83. The molecule has 1 saturated heterocycles. The molecule has 1 aromatic rings. The van der Waals surface area contributed by atoms with E-state index < -0.39 is 0 Å². The number of guanidine groups is 1. The van der Waals surface area contributed by atoms with Crippen molar-refractivity contribution < 1.29 is 4.39 Å². The zero-order valence-corrected chi connectivity index (χ0v) is 12.9. The van der Waals surface area contributed by atoms with Crippen molar-refractivity contribution in [2.45, 2.75) is 19.4 Å². The first-order valence-electron chi connectivity index (χ1n) is 7.55. The van der Waals surface area contributed by atoms with E-state index in [0.717, 1.165) is 18.1 Å². The van der Waals surface area contributed by atoms with Gasteiger partial charge in [0.1, 0.15) is 5.82 Å². The number of benzene rings is 1. The molecule has 2 N–H and O–H groups in total. The van der Waals surface area contributed by atoms with E-state index in [1.165, 1.54) is 38.1 Å². The van der Waals surface area contributed by atoms with Crippen molar-refractivity contribution >= 4 is 5.96 Å². The van der Waals surface area contributed by atoms with Crippen molar-refractivity contribution in [2.24, 2.45) is 10.9 Å². The van der Waals surface area contributed by atoms with Crippen LogP contribution in [0, 0.1) is 11.7 Å². The van der Waals surface area contributed by atoms with E-state index in [-0.39, 0.29) is 5.82 Å². The molecule has 0 bridgehead atoms. The lowest BCUT2D eigenvalue weighted by atomic mass is 9.97. The molecule has 21 heavy (non-hydrogen) atoms. The van der Waals surface area contributed by atoms with Crippen LogP contribution in [0.1, 0.15) is 18.4 Å². The summed E-state index contributed by atoms with van der Waals surface area (Å²) in [5.41, 5.74) is 1.04. The lowest BCUT2D eigenvalue weighted by Gasteiger charge is -2.29. The van der Waals surface area contributed by atoms with Gasteiger partial charge in [0.15, 0.2) is 5.96 Å². The van der Waals surface area contributed by atoms with Crippen molar-refractivity contribution in [3.63, 3.8) is 0 Å². The fourth-order valence-corrected chi connectivity index (χ4v) is 2.52. The number of nitrogens with zero attached hydrogens (tertiary/aromatic N) is 2. The maximum atomic E-state index is 12.8. The number of likely N-dealkylation sites (tertiary alicyclic amines) is 1. The number of aliphatic imine (C=N–C) groups is 1. The maximum Gasteiger partial charge on any atom is 0.191 e. The summed E-state index contributed by atoms with van der Waals surface area (Å²) in [5.74, 6) is 1.31. The summed E-state index contributed by atoms with van der Waals surface area (Å²) >= 11 is 0. The molecule has 116 valence electrons. The fourth-order valence-electron chi connectivity index (χ4n) is 2.52. The highest BCUT2D eigenvalue weighted by atomic mass is 19.1. The van der Waals surface area contributed by atoms with Crippen LogP contribution in [0.15, 0.2) is 29.3 Å². The summed E-state index contributed by atoms with van der Waals surface area (Å²) in [6, 6.07) is 6.52.